The predicted molar refractivity (Wildman–Crippen MR) is 153 cm³/mol. The van der Waals surface area contributed by atoms with E-state index in [9.17, 15) is 18.0 Å². The Morgan fingerprint density at radius 2 is 1.64 bits per heavy atom. The molecular formula is C28H32BrN3O6S. The number of amides is 2. The number of nitrogens with zero attached hydrogens (tertiary/aromatic N) is 2. The van der Waals surface area contributed by atoms with Crippen LogP contribution in [0.25, 0.3) is 0 Å². The summed E-state index contributed by atoms with van der Waals surface area (Å²) in [5.41, 5.74) is 1.08. The maximum absolute atomic E-state index is 13.9. The van der Waals surface area contributed by atoms with Crippen LogP contribution in [-0.2, 0) is 26.2 Å². The number of hydrogen-bond donors (Lipinski definition) is 1. The number of carbonyl (C=O) groups excluding carboxylic acids is 2. The number of methoxy groups -OCH3 is 2. The average molecular weight is 619 g/mol. The molecule has 0 saturated carbocycles. The fourth-order valence-electron chi connectivity index (χ4n) is 3.96. The third-order valence-corrected chi connectivity index (χ3v) is 8.29. The van der Waals surface area contributed by atoms with Crippen molar-refractivity contribution in [1.82, 2.24) is 10.2 Å². The second kappa shape index (κ2) is 13.5. The van der Waals surface area contributed by atoms with Gasteiger partial charge in [0, 0.05) is 23.6 Å². The predicted octanol–water partition coefficient (Wildman–Crippen LogP) is 4.22. The smallest absolute Gasteiger partial charge is 0.264 e. The maximum Gasteiger partial charge on any atom is 0.264 e. The van der Waals surface area contributed by atoms with Crippen LogP contribution in [0, 0.1) is 0 Å². The highest BCUT2D eigenvalue weighted by Crippen LogP contribution is 2.32. The molecule has 0 spiro atoms. The first-order valence-electron chi connectivity index (χ1n) is 12.2. The van der Waals surface area contributed by atoms with E-state index in [1.54, 1.807) is 44.2 Å². The second-order valence-electron chi connectivity index (χ2n) is 8.59. The zero-order valence-corrected chi connectivity index (χ0v) is 24.7. The summed E-state index contributed by atoms with van der Waals surface area (Å²) in [5.74, 6) is -0.273. The van der Waals surface area contributed by atoms with Gasteiger partial charge < -0.3 is 19.7 Å². The molecule has 0 unspecified atom stereocenters. The van der Waals surface area contributed by atoms with E-state index in [0.717, 1.165) is 14.3 Å². The van der Waals surface area contributed by atoms with Crippen molar-refractivity contribution < 1.29 is 27.5 Å². The first-order chi connectivity index (χ1) is 18.6. The summed E-state index contributed by atoms with van der Waals surface area (Å²) in [4.78, 5) is 27.9. The van der Waals surface area contributed by atoms with Crippen LogP contribution in [0.5, 0.6) is 11.5 Å². The van der Waals surface area contributed by atoms with E-state index in [2.05, 4.69) is 21.2 Å². The summed E-state index contributed by atoms with van der Waals surface area (Å²) in [6.45, 7) is 3.38. The number of rotatable bonds is 12. The van der Waals surface area contributed by atoms with Gasteiger partial charge in [-0.05, 0) is 55.8 Å². The van der Waals surface area contributed by atoms with Crippen LogP contribution in [0.2, 0.25) is 0 Å². The number of ether oxygens (including phenoxy) is 2. The number of hydrogen-bond acceptors (Lipinski definition) is 6. The van der Waals surface area contributed by atoms with Crippen LogP contribution in [0.1, 0.15) is 19.4 Å². The Bertz CT molecular complexity index is 1400. The van der Waals surface area contributed by atoms with Crippen LogP contribution < -0.4 is 19.1 Å². The van der Waals surface area contributed by atoms with E-state index < -0.39 is 28.5 Å². The van der Waals surface area contributed by atoms with E-state index in [-0.39, 0.29) is 23.1 Å². The summed E-state index contributed by atoms with van der Waals surface area (Å²) in [6.07, 6.45) is 0. The Kier molecular flexibility index (Phi) is 10.4. The SMILES string of the molecule is CCNC(=O)[C@H](C)N(Cc1cccc(Br)c1)C(=O)CN(c1ccccc1)S(=O)(=O)c1ccc(OC)c(OC)c1. The second-order valence-corrected chi connectivity index (χ2v) is 11.4. The molecule has 2 amide bonds. The molecule has 0 radical (unpaired) electrons. The van der Waals surface area contributed by atoms with Gasteiger partial charge in [0.25, 0.3) is 10.0 Å². The van der Waals surface area contributed by atoms with Crippen molar-refractivity contribution in [3.63, 3.8) is 0 Å². The van der Waals surface area contributed by atoms with Crippen LogP contribution >= 0.6 is 15.9 Å². The average Bonchev–Trinajstić information content (AvgIpc) is 2.94. The van der Waals surface area contributed by atoms with Gasteiger partial charge in [-0.2, -0.15) is 0 Å². The third-order valence-electron chi connectivity index (χ3n) is 6.03. The maximum atomic E-state index is 13.9. The quantitative estimate of drug-likeness (QED) is 0.326. The minimum Gasteiger partial charge on any atom is -0.493 e. The normalized spacial score (nSPS) is 11.8. The molecule has 0 aromatic heterocycles. The number of sulfonamides is 1. The molecule has 0 fully saturated rings. The molecule has 0 heterocycles. The number of halogens is 1. The molecule has 9 nitrogen and oxygen atoms in total. The molecule has 11 heteroatoms. The molecule has 0 bridgehead atoms. The Labute approximate surface area is 237 Å². The van der Waals surface area contributed by atoms with Crippen LogP contribution in [-0.4, -0.2) is 58.5 Å². The van der Waals surface area contributed by atoms with Gasteiger partial charge in [-0.1, -0.05) is 46.3 Å². The van der Waals surface area contributed by atoms with E-state index in [1.165, 1.54) is 37.3 Å². The van der Waals surface area contributed by atoms with Crippen molar-refractivity contribution in [3.8, 4) is 11.5 Å². The highest BCUT2D eigenvalue weighted by Gasteiger charge is 2.33. The van der Waals surface area contributed by atoms with Crippen LogP contribution in [0.3, 0.4) is 0 Å². The molecule has 39 heavy (non-hydrogen) atoms. The Hall–Kier alpha value is -3.57. The lowest BCUT2D eigenvalue weighted by Gasteiger charge is -2.32. The van der Waals surface area contributed by atoms with Crippen molar-refractivity contribution in [2.45, 2.75) is 31.3 Å². The van der Waals surface area contributed by atoms with Gasteiger partial charge >= 0.3 is 0 Å². The molecule has 1 N–H and O–H groups in total. The molecule has 3 aromatic rings. The van der Waals surface area contributed by atoms with E-state index in [4.69, 9.17) is 9.47 Å². The minimum absolute atomic E-state index is 0.0767. The lowest BCUT2D eigenvalue weighted by atomic mass is 10.1. The van der Waals surface area contributed by atoms with E-state index in [0.29, 0.717) is 18.0 Å². The number of anilines is 1. The molecule has 0 aliphatic carbocycles. The van der Waals surface area contributed by atoms with Crippen molar-refractivity contribution in [2.75, 3.05) is 31.6 Å². The number of carbonyl (C=O) groups is 2. The number of nitrogens with one attached hydrogen (secondary N) is 1. The molecule has 208 valence electrons. The van der Waals surface area contributed by atoms with E-state index >= 15 is 0 Å². The van der Waals surface area contributed by atoms with Gasteiger partial charge in [-0.25, -0.2) is 8.42 Å². The zero-order chi connectivity index (χ0) is 28.6. The molecular weight excluding hydrogens is 586 g/mol. The van der Waals surface area contributed by atoms with Gasteiger partial charge in [0.15, 0.2) is 11.5 Å². The fourth-order valence-corrected chi connectivity index (χ4v) is 5.84. The highest BCUT2D eigenvalue weighted by atomic mass is 79.9. The topological polar surface area (TPSA) is 105 Å². The van der Waals surface area contributed by atoms with Crippen LogP contribution in [0.4, 0.5) is 5.69 Å². The summed E-state index contributed by atoms with van der Waals surface area (Å²) in [6, 6.07) is 19.1. The van der Waals surface area contributed by atoms with Crippen molar-refractivity contribution >= 4 is 43.5 Å². The standard InChI is InChI=1S/C28H32BrN3O6S/c1-5-30-28(34)20(2)31(18-21-10-9-11-22(29)16-21)27(33)19-32(23-12-7-6-8-13-23)39(35,36)24-14-15-25(37-3)26(17-24)38-4/h6-17,20H,5,18-19H2,1-4H3,(H,30,34)/t20-/m0/s1. The van der Waals surface area contributed by atoms with Crippen LogP contribution in [0.15, 0.2) is 82.2 Å². The Morgan fingerprint density at radius 3 is 2.26 bits per heavy atom. The van der Waals surface area contributed by atoms with Gasteiger partial charge in [-0.15, -0.1) is 0 Å². The number of likely N-dealkylation sites (N-methyl/N-ethyl adjacent to an activating group) is 1. The number of benzene rings is 3. The van der Waals surface area contributed by atoms with Gasteiger partial charge in [0.2, 0.25) is 11.8 Å². The first kappa shape index (κ1) is 30.0. The summed E-state index contributed by atoms with van der Waals surface area (Å²) >= 11 is 3.44. The Morgan fingerprint density at radius 1 is 0.949 bits per heavy atom. The van der Waals surface area contributed by atoms with Gasteiger partial charge in [0.05, 0.1) is 24.8 Å². The molecule has 0 aliphatic rings. The Balaban J connectivity index is 2.04. The molecule has 1 atom stereocenters. The molecule has 3 aromatic carbocycles. The number of para-hydroxylation sites is 1. The third kappa shape index (κ3) is 7.30. The highest BCUT2D eigenvalue weighted by molar-refractivity contribution is 9.10. The monoisotopic (exact) mass is 617 g/mol. The zero-order valence-electron chi connectivity index (χ0n) is 22.3. The molecule has 0 saturated heterocycles. The summed E-state index contributed by atoms with van der Waals surface area (Å²) in [5, 5.41) is 2.74. The summed E-state index contributed by atoms with van der Waals surface area (Å²) in [7, 11) is -1.37. The minimum atomic E-state index is -4.23. The lowest BCUT2D eigenvalue weighted by Crippen LogP contribution is -2.51. The van der Waals surface area contributed by atoms with Crippen molar-refractivity contribution in [3.05, 3.63) is 82.8 Å². The lowest BCUT2D eigenvalue weighted by molar-refractivity contribution is -0.139. The van der Waals surface area contributed by atoms with Crippen molar-refractivity contribution in [2.24, 2.45) is 0 Å². The van der Waals surface area contributed by atoms with Crippen molar-refractivity contribution in [1.29, 1.82) is 0 Å². The molecule has 3 rings (SSSR count). The van der Waals surface area contributed by atoms with Gasteiger partial charge in [-0.3, -0.25) is 13.9 Å². The van der Waals surface area contributed by atoms with E-state index in [1.807, 2.05) is 24.3 Å². The molecule has 0 aliphatic heterocycles. The largest absolute Gasteiger partial charge is 0.493 e. The first-order valence-corrected chi connectivity index (χ1v) is 14.5. The van der Waals surface area contributed by atoms with Gasteiger partial charge in [0.1, 0.15) is 12.6 Å². The summed E-state index contributed by atoms with van der Waals surface area (Å²) < 4.78 is 40.3. The fraction of sp³-hybridized carbons (Fsp3) is 0.286.